The minimum Gasteiger partial charge on any atom is -0.329 e. The van der Waals surface area contributed by atoms with Crippen LogP contribution in [0.15, 0.2) is 41.3 Å². The molecule has 0 aliphatic heterocycles. The van der Waals surface area contributed by atoms with Crippen molar-refractivity contribution in [1.82, 2.24) is 9.55 Å². The fourth-order valence-corrected chi connectivity index (χ4v) is 2.01. The molecule has 0 atom stereocenters. The van der Waals surface area contributed by atoms with E-state index in [2.05, 4.69) is 37.6 Å². The van der Waals surface area contributed by atoms with E-state index >= 15 is 0 Å². The van der Waals surface area contributed by atoms with Crippen LogP contribution in [-0.4, -0.2) is 15.1 Å². The molecule has 0 saturated heterocycles. The third-order valence-corrected chi connectivity index (χ3v) is 2.96. The van der Waals surface area contributed by atoms with Gasteiger partial charge >= 0.3 is 0 Å². The number of aromatic nitrogens is 2. The molecule has 0 aliphatic carbocycles. The molecule has 1 heterocycles. The van der Waals surface area contributed by atoms with Gasteiger partial charge in [-0.3, -0.25) is 0 Å². The molecule has 0 radical (unpaired) electrons. The first-order valence-corrected chi connectivity index (χ1v) is 6.30. The Morgan fingerprint density at radius 2 is 1.94 bits per heavy atom. The van der Waals surface area contributed by atoms with Gasteiger partial charge in [0.2, 0.25) is 0 Å². The van der Waals surface area contributed by atoms with Gasteiger partial charge in [-0.25, -0.2) is 4.98 Å². The van der Waals surface area contributed by atoms with Crippen LogP contribution in [0, 0.1) is 0 Å². The Bertz CT molecular complexity index is 494. The molecule has 0 fully saturated rings. The van der Waals surface area contributed by atoms with Crippen molar-refractivity contribution in [3.05, 3.63) is 41.3 Å². The SMILES string of the molecule is CC(C)(N)Cn1cncc1-c1ccc(Br)cc1. The number of halogens is 1. The van der Waals surface area contributed by atoms with Crippen LogP contribution >= 0.6 is 15.9 Å². The van der Waals surface area contributed by atoms with Gasteiger partial charge in [-0.15, -0.1) is 0 Å². The predicted octanol–water partition coefficient (Wildman–Crippen LogP) is 3.05. The van der Waals surface area contributed by atoms with Crippen LogP contribution in [0.25, 0.3) is 11.3 Å². The smallest absolute Gasteiger partial charge is 0.0951 e. The average molecular weight is 294 g/mol. The van der Waals surface area contributed by atoms with Crippen LogP contribution in [0.3, 0.4) is 0 Å². The highest BCUT2D eigenvalue weighted by Crippen LogP contribution is 2.22. The largest absolute Gasteiger partial charge is 0.329 e. The van der Waals surface area contributed by atoms with E-state index in [9.17, 15) is 0 Å². The van der Waals surface area contributed by atoms with Crippen molar-refractivity contribution >= 4 is 15.9 Å². The first-order chi connectivity index (χ1) is 7.96. The number of hydrogen-bond donors (Lipinski definition) is 1. The molecule has 2 N–H and O–H groups in total. The molecule has 0 bridgehead atoms. The van der Waals surface area contributed by atoms with Gasteiger partial charge < -0.3 is 10.3 Å². The quantitative estimate of drug-likeness (QED) is 0.945. The maximum absolute atomic E-state index is 6.04. The van der Waals surface area contributed by atoms with Crippen molar-refractivity contribution in [2.24, 2.45) is 5.73 Å². The number of imidazole rings is 1. The molecule has 3 nitrogen and oxygen atoms in total. The van der Waals surface area contributed by atoms with Crippen LogP contribution in [0.2, 0.25) is 0 Å². The summed E-state index contributed by atoms with van der Waals surface area (Å²) in [4.78, 5) is 4.20. The number of nitrogens with two attached hydrogens (primary N) is 1. The molecule has 0 unspecified atom stereocenters. The number of rotatable bonds is 3. The molecular formula is C13H16BrN3. The van der Waals surface area contributed by atoms with Crippen LogP contribution in [0.4, 0.5) is 0 Å². The average Bonchev–Trinajstić information content (AvgIpc) is 2.64. The highest BCUT2D eigenvalue weighted by molar-refractivity contribution is 9.10. The Kier molecular flexibility index (Phi) is 3.35. The lowest BCUT2D eigenvalue weighted by atomic mass is 10.1. The summed E-state index contributed by atoms with van der Waals surface area (Å²) in [5.41, 5.74) is 8.04. The molecular weight excluding hydrogens is 278 g/mol. The monoisotopic (exact) mass is 293 g/mol. The van der Waals surface area contributed by atoms with Crippen LogP contribution in [0.5, 0.6) is 0 Å². The van der Waals surface area contributed by atoms with Crippen molar-refractivity contribution in [2.45, 2.75) is 25.9 Å². The standard InChI is InChI=1S/C13H16BrN3/c1-13(2,15)8-17-9-16-7-12(17)10-3-5-11(14)6-4-10/h3-7,9H,8,15H2,1-2H3. The maximum atomic E-state index is 6.04. The fraction of sp³-hybridized carbons (Fsp3) is 0.308. The number of benzene rings is 1. The highest BCUT2D eigenvalue weighted by atomic mass is 79.9. The highest BCUT2D eigenvalue weighted by Gasteiger charge is 2.14. The zero-order valence-electron chi connectivity index (χ0n) is 10.0. The number of nitrogens with zero attached hydrogens (tertiary/aromatic N) is 2. The third kappa shape index (κ3) is 3.17. The van der Waals surface area contributed by atoms with Crippen molar-refractivity contribution in [3.8, 4) is 11.3 Å². The van der Waals surface area contributed by atoms with E-state index < -0.39 is 0 Å². The minimum absolute atomic E-state index is 0.245. The first-order valence-electron chi connectivity index (χ1n) is 5.51. The molecule has 17 heavy (non-hydrogen) atoms. The second kappa shape index (κ2) is 4.63. The van der Waals surface area contributed by atoms with Crippen molar-refractivity contribution in [1.29, 1.82) is 0 Å². The van der Waals surface area contributed by atoms with E-state index in [0.29, 0.717) is 0 Å². The summed E-state index contributed by atoms with van der Waals surface area (Å²) < 4.78 is 3.16. The van der Waals surface area contributed by atoms with Crippen LogP contribution in [0.1, 0.15) is 13.8 Å². The molecule has 0 aliphatic rings. The summed E-state index contributed by atoms with van der Waals surface area (Å²) in [6, 6.07) is 8.20. The Labute approximate surface area is 110 Å². The molecule has 0 amide bonds. The van der Waals surface area contributed by atoms with Gasteiger partial charge in [-0.05, 0) is 31.5 Å². The van der Waals surface area contributed by atoms with E-state index in [-0.39, 0.29) is 5.54 Å². The van der Waals surface area contributed by atoms with Crippen LogP contribution in [-0.2, 0) is 6.54 Å². The van der Waals surface area contributed by atoms with Crippen LogP contribution < -0.4 is 5.73 Å². The number of hydrogen-bond acceptors (Lipinski definition) is 2. The molecule has 2 rings (SSSR count). The molecule has 1 aromatic heterocycles. The predicted molar refractivity (Wildman–Crippen MR) is 73.6 cm³/mol. The molecule has 2 aromatic rings. The normalized spacial score (nSPS) is 11.8. The van der Waals surface area contributed by atoms with Crippen molar-refractivity contribution in [2.75, 3.05) is 0 Å². The molecule has 90 valence electrons. The molecule has 4 heteroatoms. The fourth-order valence-electron chi connectivity index (χ4n) is 1.75. The zero-order valence-corrected chi connectivity index (χ0v) is 11.6. The lowest BCUT2D eigenvalue weighted by Gasteiger charge is -2.20. The molecule has 1 aromatic carbocycles. The first kappa shape index (κ1) is 12.3. The second-order valence-corrected chi connectivity index (χ2v) is 5.82. The van der Waals surface area contributed by atoms with E-state index in [1.807, 2.05) is 38.5 Å². The lowest BCUT2D eigenvalue weighted by molar-refractivity contribution is 0.436. The lowest BCUT2D eigenvalue weighted by Crippen LogP contribution is -2.37. The maximum Gasteiger partial charge on any atom is 0.0951 e. The Hall–Kier alpha value is -1.13. The summed E-state index contributed by atoms with van der Waals surface area (Å²) in [6.07, 6.45) is 3.70. The summed E-state index contributed by atoms with van der Waals surface area (Å²) in [7, 11) is 0. The Morgan fingerprint density at radius 1 is 1.29 bits per heavy atom. The molecule has 0 spiro atoms. The van der Waals surface area contributed by atoms with E-state index in [4.69, 9.17) is 5.73 Å². The molecule has 0 saturated carbocycles. The van der Waals surface area contributed by atoms with Gasteiger partial charge in [0.05, 0.1) is 18.2 Å². The minimum atomic E-state index is -0.245. The third-order valence-electron chi connectivity index (χ3n) is 2.43. The summed E-state index contributed by atoms with van der Waals surface area (Å²) >= 11 is 3.43. The summed E-state index contributed by atoms with van der Waals surface area (Å²) in [5.74, 6) is 0. The summed E-state index contributed by atoms with van der Waals surface area (Å²) in [6.45, 7) is 4.77. The Balaban J connectivity index is 2.33. The topological polar surface area (TPSA) is 43.8 Å². The van der Waals surface area contributed by atoms with Gasteiger partial charge in [-0.1, -0.05) is 28.1 Å². The van der Waals surface area contributed by atoms with Gasteiger partial charge in [0.15, 0.2) is 0 Å². The van der Waals surface area contributed by atoms with E-state index in [1.165, 1.54) is 0 Å². The Morgan fingerprint density at radius 3 is 2.53 bits per heavy atom. The van der Waals surface area contributed by atoms with Gasteiger partial charge in [0.25, 0.3) is 0 Å². The zero-order chi connectivity index (χ0) is 12.5. The summed E-state index contributed by atoms with van der Waals surface area (Å²) in [5, 5.41) is 0. The van der Waals surface area contributed by atoms with Gasteiger partial charge in [-0.2, -0.15) is 0 Å². The second-order valence-electron chi connectivity index (χ2n) is 4.90. The van der Waals surface area contributed by atoms with Gasteiger partial charge in [0.1, 0.15) is 0 Å². The van der Waals surface area contributed by atoms with Crippen molar-refractivity contribution in [3.63, 3.8) is 0 Å². The van der Waals surface area contributed by atoms with Gasteiger partial charge in [0, 0.05) is 16.6 Å². The van der Waals surface area contributed by atoms with E-state index in [1.54, 1.807) is 0 Å². The van der Waals surface area contributed by atoms with Crippen molar-refractivity contribution < 1.29 is 0 Å². The van der Waals surface area contributed by atoms with E-state index in [0.717, 1.165) is 22.3 Å².